The van der Waals surface area contributed by atoms with Crippen LogP contribution in [0.1, 0.15) is 162 Å². The number of aliphatic carboxylic acids is 1. The number of hydrogen-bond acceptors (Lipinski definition) is 6. The maximum Gasteiger partial charge on any atom is 0.328 e. The molecule has 0 saturated carbocycles. The lowest BCUT2D eigenvalue weighted by molar-refractivity contribution is -0.147. The standard InChI is InChI=1S/C39H68N2O7/c1-3-5-7-9-11-13-14-15-17-19-21-27-31-38(45)48-34(28-24-20-18-16-12-10-8-6-4-2)29-25-22-23-26-30-36(43)40-32-37(44)41-35(33-42)39(46)47/h11,13,16,18,24,28,34-35,42H,3-10,12,14-15,17,19-23,25-27,29-33H2,1-2H3,(H,40,43)(H,41,44)(H,46,47)/b13-11-,18-16-,28-24-. The van der Waals surface area contributed by atoms with Gasteiger partial charge in [0.05, 0.1) is 13.2 Å². The van der Waals surface area contributed by atoms with Crippen LogP contribution in [-0.4, -0.2) is 59.3 Å². The molecule has 0 spiro atoms. The minimum Gasteiger partial charge on any atom is -0.480 e. The highest BCUT2D eigenvalue weighted by Crippen LogP contribution is 2.14. The van der Waals surface area contributed by atoms with Crippen LogP contribution in [0.15, 0.2) is 36.5 Å². The number of esters is 1. The molecule has 0 fully saturated rings. The Balaban J connectivity index is 4.41. The summed E-state index contributed by atoms with van der Waals surface area (Å²) in [6.07, 6.45) is 36.1. The molecular formula is C39H68N2O7. The summed E-state index contributed by atoms with van der Waals surface area (Å²) in [5.74, 6) is -2.44. The molecule has 2 atom stereocenters. The number of carbonyl (C=O) groups excluding carboxylic acids is 3. The van der Waals surface area contributed by atoms with Crippen molar-refractivity contribution in [3.05, 3.63) is 36.5 Å². The molecule has 0 saturated heterocycles. The van der Waals surface area contributed by atoms with Crippen molar-refractivity contribution in [3.8, 4) is 0 Å². The van der Waals surface area contributed by atoms with E-state index in [-0.39, 0.29) is 30.9 Å². The number of carboxylic acid groups (broad SMARTS) is 1. The van der Waals surface area contributed by atoms with E-state index in [9.17, 15) is 19.2 Å². The third-order valence-corrected chi connectivity index (χ3v) is 8.09. The maximum atomic E-state index is 12.6. The molecule has 2 unspecified atom stereocenters. The van der Waals surface area contributed by atoms with Gasteiger partial charge in [-0.25, -0.2) is 4.79 Å². The van der Waals surface area contributed by atoms with Crippen LogP contribution in [0.2, 0.25) is 0 Å². The average molecular weight is 677 g/mol. The van der Waals surface area contributed by atoms with Gasteiger partial charge in [-0.05, 0) is 76.7 Å². The topological polar surface area (TPSA) is 142 Å². The van der Waals surface area contributed by atoms with E-state index in [1.54, 1.807) is 0 Å². The normalized spacial score (nSPS) is 12.9. The van der Waals surface area contributed by atoms with Crippen molar-refractivity contribution in [3.63, 3.8) is 0 Å². The number of unbranched alkanes of at least 4 members (excludes halogenated alkanes) is 15. The number of hydrogen-bond donors (Lipinski definition) is 4. The summed E-state index contributed by atoms with van der Waals surface area (Å²) in [5, 5.41) is 22.5. The van der Waals surface area contributed by atoms with Gasteiger partial charge in [-0.1, -0.05) is 108 Å². The molecule has 0 aliphatic rings. The molecule has 9 heteroatoms. The van der Waals surface area contributed by atoms with E-state index in [4.69, 9.17) is 14.9 Å². The van der Waals surface area contributed by atoms with Crippen LogP contribution in [-0.2, 0) is 23.9 Å². The second-order valence-electron chi connectivity index (χ2n) is 12.7. The van der Waals surface area contributed by atoms with E-state index in [1.165, 1.54) is 64.2 Å². The largest absolute Gasteiger partial charge is 0.480 e. The highest BCUT2D eigenvalue weighted by atomic mass is 16.5. The molecule has 0 bridgehead atoms. The number of nitrogens with one attached hydrogen (secondary N) is 2. The summed E-state index contributed by atoms with van der Waals surface area (Å²) in [4.78, 5) is 47.3. The van der Waals surface area contributed by atoms with Gasteiger partial charge in [0.25, 0.3) is 0 Å². The Bertz CT molecular complexity index is 916. The van der Waals surface area contributed by atoms with Crippen LogP contribution < -0.4 is 10.6 Å². The number of allylic oxidation sites excluding steroid dienone is 5. The fraction of sp³-hybridized carbons (Fsp3) is 0.744. The zero-order valence-electron chi connectivity index (χ0n) is 30.2. The Hall–Kier alpha value is -2.94. The number of aliphatic hydroxyl groups is 1. The van der Waals surface area contributed by atoms with Crippen molar-refractivity contribution in [1.82, 2.24) is 10.6 Å². The molecule has 2 amide bonds. The van der Waals surface area contributed by atoms with Crippen molar-refractivity contribution in [2.24, 2.45) is 0 Å². The van der Waals surface area contributed by atoms with Gasteiger partial charge in [0, 0.05) is 12.8 Å². The first kappa shape index (κ1) is 45.1. The van der Waals surface area contributed by atoms with Crippen LogP contribution in [0.5, 0.6) is 0 Å². The first-order chi connectivity index (χ1) is 23.3. The zero-order valence-corrected chi connectivity index (χ0v) is 30.2. The van der Waals surface area contributed by atoms with Crippen molar-refractivity contribution in [2.45, 2.75) is 174 Å². The Kier molecular flexibility index (Phi) is 31.9. The number of aliphatic hydroxyl groups excluding tert-OH is 1. The SMILES string of the molecule is CCCCC/C=C\CCCCCCCC(=O)OC(/C=C\C/C=C\CCCCCC)CCCCCCC(=O)NCC(=O)NC(CO)C(=O)O. The van der Waals surface area contributed by atoms with Gasteiger partial charge in [-0.15, -0.1) is 0 Å². The molecule has 0 aliphatic carbocycles. The molecule has 0 aliphatic heterocycles. The zero-order chi connectivity index (χ0) is 35.5. The number of ether oxygens (including phenoxy) is 1. The average Bonchev–Trinajstić information content (AvgIpc) is 3.07. The molecule has 0 radical (unpaired) electrons. The Labute approximate surface area is 291 Å². The van der Waals surface area contributed by atoms with Gasteiger partial charge in [0.15, 0.2) is 0 Å². The maximum absolute atomic E-state index is 12.6. The Morgan fingerprint density at radius 2 is 1.19 bits per heavy atom. The molecule has 0 aromatic heterocycles. The van der Waals surface area contributed by atoms with Crippen molar-refractivity contribution in [1.29, 1.82) is 0 Å². The lowest BCUT2D eigenvalue weighted by Gasteiger charge is -2.15. The van der Waals surface area contributed by atoms with Gasteiger partial charge in [-0.3, -0.25) is 14.4 Å². The van der Waals surface area contributed by atoms with E-state index in [0.717, 1.165) is 64.2 Å². The summed E-state index contributed by atoms with van der Waals surface area (Å²) in [7, 11) is 0. The van der Waals surface area contributed by atoms with Crippen LogP contribution in [0.25, 0.3) is 0 Å². The number of carbonyl (C=O) groups is 4. The fourth-order valence-electron chi connectivity index (χ4n) is 5.13. The predicted octanol–water partition coefficient (Wildman–Crippen LogP) is 8.26. The number of carboxylic acids is 1. The van der Waals surface area contributed by atoms with Crippen LogP contribution in [0.3, 0.4) is 0 Å². The molecule has 48 heavy (non-hydrogen) atoms. The molecule has 9 nitrogen and oxygen atoms in total. The van der Waals surface area contributed by atoms with E-state index < -0.39 is 24.5 Å². The lowest BCUT2D eigenvalue weighted by Crippen LogP contribution is -2.47. The van der Waals surface area contributed by atoms with Gasteiger partial charge >= 0.3 is 11.9 Å². The Morgan fingerprint density at radius 1 is 0.646 bits per heavy atom. The molecule has 276 valence electrons. The molecular weight excluding hydrogens is 608 g/mol. The fourth-order valence-corrected chi connectivity index (χ4v) is 5.13. The molecule has 0 aromatic rings. The Morgan fingerprint density at radius 3 is 1.83 bits per heavy atom. The third kappa shape index (κ3) is 30.4. The lowest BCUT2D eigenvalue weighted by atomic mass is 10.1. The smallest absolute Gasteiger partial charge is 0.328 e. The van der Waals surface area contributed by atoms with Crippen molar-refractivity contribution < 1.29 is 34.1 Å². The van der Waals surface area contributed by atoms with E-state index in [0.29, 0.717) is 12.8 Å². The van der Waals surface area contributed by atoms with Crippen LogP contribution in [0, 0.1) is 0 Å². The number of amides is 2. The summed E-state index contributed by atoms with van der Waals surface area (Å²) < 4.78 is 5.86. The van der Waals surface area contributed by atoms with Crippen LogP contribution in [0.4, 0.5) is 0 Å². The minimum absolute atomic E-state index is 0.138. The van der Waals surface area contributed by atoms with Gasteiger partial charge in [0.2, 0.25) is 11.8 Å². The van der Waals surface area contributed by atoms with Gasteiger partial charge in [0.1, 0.15) is 12.1 Å². The number of rotatable bonds is 33. The summed E-state index contributed by atoms with van der Waals surface area (Å²) in [6.45, 7) is 3.38. The molecule has 4 N–H and O–H groups in total. The van der Waals surface area contributed by atoms with E-state index in [2.05, 4.69) is 54.9 Å². The second kappa shape index (κ2) is 33.9. The quantitative estimate of drug-likeness (QED) is 0.0311. The first-order valence-corrected chi connectivity index (χ1v) is 18.9. The summed E-state index contributed by atoms with van der Waals surface area (Å²) in [6, 6.07) is -1.39. The molecule has 0 heterocycles. The predicted molar refractivity (Wildman–Crippen MR) is 195 cm³/mol. The van der Waals surface area contributed by atoms with Gasteiger partial charge in [-0.2, -0.15) is 0 Å². The second-order valence-corrected chi connectivity index (χ2v) is 12.7. The van der Waals surface area contributed by atoms with Crippen molar-refractivity contribution in [2.75, 3.05) is 13.2 Å². The van der Waals surface area contributed by atoms with Gasteiger partial charge < -0.3 is 25.6 Å². The van der Waals surface area contributed by atoms with E-state index >= 15 is 0 Å². The summed E-state index contributed by atoms with van der Waals surface area (Å²) in [5.41, 5.74) is 0. The monoisotopic (exact) mass is 677 g/mol. The first-order valence-electron chi connectivity index (χ1n) is 18.9. The summed E-state index contributed by atoms with van der Waals surface area (Å²) >= 11 is 0. The van der Waals surface area contributed by atoms with E-state index in [1.807, 2.05) is 6.08 Å². The highest BCUT2D eigenvalue weighted by Gasteiger charge is 2.18. The molecule has 0 aromatic carbocycles. The highest BCUT2D eigenvalue weighted by molar-refractivity contribution is 5.87. The molecule has 0 rings (SSSR count). The van der Waals surface area contributed by atoms with Crippen LogP contribution >= 0.6 is 0 Å². The van der Waals surface area contributed by atoms with Crippen molar-refractivity contribution >= 4 is 23.8 Å². The minimum atomic E-state index is -1.39. The third-order valence-electron chi connectivity index (χ3n) is 8.09.